The van der Waals surface area contributed by atoms with Crippen molar-refractivity contribution in [3.8, 4) is 5.75 Å². The van der Waals surface area contributed by atoms with E-state index in [2.05, 4.69) is 10.3 Å². The first-order valence-electron chi connectivity index (χ1n) is 6.24. The monoisotopic (exact) mass is 435 g/mol. The van der Waals surface area contributed by atoms with Gasteiger partial charge in [-0.2, -0.15) is 0 Å². The standard InChI is InChI=1S/C15H15ClFN3O.HI/c1-21-14-7-6-11(8-12(14)16)20-15(18)19-9-10-4-2-3-5-13(10)17;/h2-8H,9H2,1H3,(H3,18,19,20);1H. The lowest BCUT2D eigenvalue weighted by atomic mass is 10.2. The van der Waals surface area contributed by atoms with E-state index in [1.807, 2.05) is 0 Å². The largest absolute Gasteiger partial charge is 0.495 e. The van der Waals surface area contributed by atoms with Crippen LogP contribution in [0.1, 0.15) is 5.56 Å². The summed E-state index contributed by atoms with van der Waals surface area (Å²) in [5.41, 5.74) is 6.92. The van der Waals surface area contributed by atoms with Crippen LogP contribution < -0.4 is 15.8 Å². The number of benzene rings is 2. The van der Waals surface area contributed by atoms with Crippen molar-refractivity contribution in [3.63, 3.8) is 0 Å². The average Bonchev–Trinajstić information content (AvgIpc) is 2.46. The molecule has 0 spiro atoms. The van der Waals surface area contributed by atoms with Gasteiger partial charge in [-0.15, -0.1) is 24.0 Å². The molecule has 118 valence electrons. The molecule has 22 heavy (non-hydrogen) atoms. The van der Waals surface area contributed by atoms with Gasteiger partial charge >= 0.3 is 0 Å². The van der Waals surface area contributed by atoms with Gasteiger partial charge in [0.05, 0.1) is 18.7 Å². The molecule has 0 unspecified atom stereocenters. The quantitative estimate of drug-likeness (QED) is 0.433. The normalized spacial score (nSPS) is 10.8. The van der Waals surface area contributed by atoms with Crippen LogP contribution in [0, 0.1) is 5.82 Å². The van der Waals surface area contributed by atoms with Crippen LogP contribution in [0.5, 0.6) is 5.75 Å². The Balaban J connectivity index is 0.00000242. The van der Waals surface area contributed by atoms with Crippen LogP contribution in [0.4, 0.5) is 10.1 Å². The summed E-state index contributed by atoms with van der Waals surface area (Å²) in [7, 11) is 1.54. The minimum absolute atomic E-state index is 0. The average molecular weight is 436 g/mol. The molecule has 2 aromatic rings. The highest BCUT2D eigenvalue weighted by molar-refractivity contribution is 14.0. The second-order valence-corrected chi connectivity index (χ2v) is 4.67. The molecule has 0 atom stereocenters. The highest BCUT2D eigenvalue weighted by Gasteiger charge is 2.03. The number of methoxy groups -OCH3 is 1. The molecule has 0 aliphatic rings. The number of nitrogens with one attached hydrogen (secondary N) is 1. The highest BCUT2D eigenvalue weighted by atomic mass is 127. The van der Waals surface area contributed by atoms with Crippen LogP contribution in [0.15, 0.2) is 47.5 Å². The van der Waals surface area contributed by atoms with E-state index in [0.717, 1.165) is 0 Å². The van der Waals surface area contributed by atoms with Crippen molar-refractivity contribution in [2.45, 2.75) is 6.54 Å². The third-order valence-corrected chi connectivity index (χ3v) is 3.10. The molecular weight excluding hydrogens is 420 g/mol. The highest BCUT2D eigenvalue weighted by Crippen LogP contribution is 2.27. The molecule has 3 N–H and O–H groups in total. The van der Waals surface area contributed by atoms with Gasteiger partial charge in [0.1, 0.15) is 11.6 Å². The maximum absolute atomic E-state index is 13.4. The van der Waals surface area contributed by atoms with Crippen molar-refractivity contribution >= 4 is 47.2 Å². The smallest absolute Gasteiger partial charge is 0.193 e. The Bertz CT molecular complexity index is 667. The van der Waals surface area contributed by atoms with Crippen molar-refractivity contribution < 1.29 is 9.13 Å². The fraction of sp³-hybridized carbons (Fsp3) is 0.133. The van der Waals surface area contributed by atoms with E-state index >= 15 is 0 Å². The topological polar surface area (TPSA) is 59.6 Å². The van der Waals surface area contributed by atoms with Crippen LogP contribution in [0.3, 0.4) is 0 Å². The summed E-state index contributed by atoms with van der Waals surface area (Å²) in [4.78, 5) is 4.09. The second-order valence-electron chi connectivity index (χ2n) is 4.27. The van der Waals surface area contributed by atoms with Crippen LogP contribution in [-0.4, -0.2) is 13.1 Å². The van der Waals surface area contributed by atoms with E-state index in [4.69, 9.17) is 22.1 Å². The van der Waals surface area contributed by atoms with Gasteiger partial charge < -0.3 is 15.8 Å². The van der Waals surface area contributed by atoms with E-state index in [1.54, 1.807) is 43.5 Å². The Morgan fingerprint density at radius 1 is 1.32 bits per heavy atom. The van der Waals surface area contributed by atoms with Gasteiger partial charge in [0.15, 0.2) is 5.96 Å². The number of anilines is 1. The molecule has 0 aliphatic carbocycles. The molecule has 4 nitrogen and oxygen atoms in total. The Hall–Kier alpha value is -1.54. The molecule has 0 aromatic heterocycles. The first-order chi connectivity index (χ1) is 10.1. The Morgan fingerprint density at radius 2 is 2.05 bits per heavy atom. The first-order valence-corrected chi connectivity index (χ1v) is 6.62. The van der Waals surface area contributed by atoms with Gasteiger partial charge in [-0.1, -0.05) is 29.8 Å². The van der Waals surface area contributed by atoms with Crippen molar-refractivity contribution in [2.24, 2.45) is 10.7 Å². The van der Waals surface area contributed by atoms with Crippen molar-refractivity contribution in [2.75, 3.05) is 12.4 Å². The Labute approximate surface area is 150 Å². The van der Waals surface area contributed by atoms with Crippen molar-refractivity contribution in [3.05, 3.63) is 58.9 Å². The van der Waals surface area contributed by atoms with E-state index < -0.39 is 0 Å². The van der Waals surface area contributed by atoms with Crippen LogP contribution in [0.25, 0.3) is 0 Å². The zero-order valence-corrected chi connectivity index (χ0v) is 14.9. The molecular formula is C15H16ClFIN3O. The van der Waals surface area contributed by atoms with Crippen molar-refractivity contribution in [1.29, 1.82) is 0 Å². The number of nitrogens with zero attached hydrogens (tertiary/aromatic N) is 1. The summed E-state index contributed by atoms with van der Waals surface area (Å²) < 4.78 is 18.5. The van der Waals surface area contributed by atoms with E-state index in [9.17, 15) is 4.39 Å². The number of hydrogen-bond donors (Lipinski definition) is 2. The van der Waals surface area contributed by atoms with Gasteiger partial charge in [0, 0.05) is 11.3 Å². The molecule has 2 aromatic carbocycles. The molecule has 0 radical (unpaired) electrons. The van der Waals surface area contributed by atoms with Crippen LogP contribution in [-0.2, 0) is 6.54 Å². The number of nitrogens with two attached hydrogens (primary N) is 1. The van der Waals surface area contributed by atoms with Crippen LogP contribution >= 0.6 is 35.6 Å². The van der Waals surface area contributed by atoms with Gasteiger partial charge in [0.2, 0.25) is 0 Å². The van der Waals surface area contributed by atoms with E-state index in [-0.39, 0.29) is 42.3 Å². The SMILES string of the molecule is COc1ccc(NC(N)=NCc2ccccc2F)cc1Cl.I. The predicted octanol–water partition coefficient (Wildman–Crippen LogP) is 4.03. The van der Waals surface area contributed by atoms with Gasteiger partial charge in [-0.3, -0.25) is 0 Å². The molecule has 0 aliphatic heterocycles. The Kier molecular flexibility index (Phi) is 7.40. The third-order valence-electron chi connectivity index (χ3n) is 2.80. The number of rotatable bonds is 4. The molecule has 0 bridgehead atoms. The van der Waals surface area contributed by atoms with Crippen LogP contribution in [0.2, 0.25) is 5.02 Å². The predicted molar refractivity (Wildman–Crippen MR) is 98.8 cm³/mol. The zero-order chi connectivity index (χ0) is 15.2. The fourth-order valence-electron chi connectivity index (χ4n) is 1.73. The molecule has 0 saturated heterocycles. The summed E-state index contributed by atoms with van der Waals surface area (Å²) in [5.74, 6) is 0.449. The molecule has 2 rings (SSSR count). The summed E-state index contributed by atoms with van der Waals surface area (Å²) in [6, 6.07) is 11.6. The van der Waals surface area contributed by atoms with Gasteiger partial charge in [-0.25, -0.2) is 9.38 Å². The zero-order valence-electron chi connectivity index (χ0n) is 11.8. The lowest BCUT2D eigenvalue weighted by Gasteiger charge is -2.08. The summed E-state index contributed by atoms with van der Waals surface area (Å²) in [5, 5.41) is 3.35. The van der Waals surface area contributed by atoms with Gasteiger partial charge in [0.25, 0.3) is 0 Å². The minimum Gasteiger partial charge on any atom is -0.495 e. The Morgan fingerprint density at radius 3 is 2.68 bits per heavy atom. The van der Waals surface area contributed by atoms with Crippen molar-refractivity contribution in [1.82, 2.24) is 0 Å². The molecule has 7 heteroatoms. The molecule has 0 amide bonds. The van der Waals surface area contributed by atoms with E-state index in [0.29, 0.717) is 22.0 Å². The molecule has 0 heterocycles. The summed E-state index contributed by atoms with van der Waals surface area (Å²) in [6.45, 7) is 0.162. The molecule has 0 saturated carbocycles. The van der Waals surface area contributed by atoms with Gasteiger partial charge in [-0.05, 0) is 24.3 Å². The number of guanidine groups is 1. The second kappa shape index (κ2) is 8.79. The maximum atomic E-state index is 13.4. The fourth-order valence-corrected chi connectivity index (χ4v) is 1.99. The summed E-state index contributed by atoms with van der Waals surface area (Å²) in [6.07, 6.45) is 0. The summed E-state index contributed by atoms with van der Waals surface area (Å²) >= 11 is 6.01. The third kappa shape index (κ3) is 5.03. The number of hydrogen-bond acceptors (Lipinski definition) is 2. The number of ether oxygens (including phenoxy) is 1. The maximum Gasteiger partial charge on any atom is 0.193 e. The minimum atomic E-state index is -0.304. The number of aliphatic imine (C=N–C) groups is 1. The van der Waals surface area contributed by atoms with E-state index in [1.165, 1.54) is 6.07 Å². The number of halogens is 3. The lowest BCUT2D eigenvalue weighted by molar-refractivity contribution is 0.415. The molecule has 0 fully saturated rings. The first kappa shape index (κ1) is 18.5. The lowest BCUT2D eigenvalue weighted by Crippen LogP contribution is -2.22.